The average molecular weight is 223 g/mol. The Morgan fingerprint density at radius 3 is 3.31 bits per heavy atom. The zero-order valence-electron chi connectivity index (χ0n) is 9.91. The van der Waals surface area contributed by atoms with Gasteiger partial charge in [0.15, 0.2) is 0 Å². The van der Waals surface area contributed by atoms with E-state index in [9.17, 15) is 0 Å². The van der Waals surface area contributed by atoms with E-state index in [4.69, 9.17) is 4.74 Å². The van der Waals surface area contributed by atoms with Crippen LogP contribution in [-0.2, 0) is 11.3 Å². The fraction of sp³-hybridized carbons (Fsp3) is 0.750. The van der Waals surface area contributed by atoms with Crippen LogP contribution in [0.5, 0.6) is 0 Å². The summed E-state index contributed by atoms with van der Waals surface area (Å²) in [6.07, 6.45) is 8.93. The van der Waals surface area contributed by atoms with Gasteiger partial charge in [-0.15, -0.1) is 0 Å². The summed E-state index contributed by atoms with van der Waals surface area (Å²) in [7, 11) is 0. The first-order valence-corrected chi connectivity index (χ1v) is 6.21. The maximum Gasteiger partial charge on any atom is 0.0589 e. The highest BCUT2D eigenvalue weighted by molar-refractivity contribution is 5.01. The first-order chi connectivity index (χ1) is 7.88. The molecule has 2 N–H and O–H groups in total. The van der Waals surface area contributed by atoms with Crippen LogP contribution < -0.4 is 5.32 Å². The minimum absolute atomic E-state index is 0.459. The topological polar surface area (TPSA) is 49.9 Å². The molecule has 1 aromatic rings. The SMILES string of the molecule is CCCC1CC(NCc2cn[nH]c2)CCO1. The van der Waals surface area contributed by atoms with Gasteiger partial charge in [-0.3, -0.25) is 5.10 Å². The van der Waals surface area contributed by atoms with Crippen LogP contribution in [0.15, 0.2) is 12.4 Å². The molecule has 0 radical (unpaired) electrons. The van der Waals surface area contributed by atoms with Crippen LogP contribution in [0.3, 0.4) is 0 Å². The van der Waals surface area contributed by atoms with Crippen LogP contribution in [0.4, 0.5) is 0 Å². The monoisotopic (exact) mass is 223 g/mol. The van der Waals surface area contributed by atoms with Crippen molar-refractivity contribution in [2.75, 3.05) is 6.61 Å². The van der Waals surface area contributed by atoms with Gasteiger partial charge in [0.2, 0.25) is 0 Å². The van der Waals surface area contributed by atoms with Crippen molar-refractivity contribution in [2.45, 2.75) is 51.3 Å². The number of H-pyrrole nitrogens is 1. The normalized spacial score (nSPS) is 25.8. The van der Waals surface area contributed by atoms with E-state index in [2.05, 4.69) is 22.4 Å². The Bertz CT molecular complexity index is 284. The highest BCUT2D eigenvalue weighted by atomic mass is 16.5. The van der Waals surface area contributed by atoms with E-state index in [1.807, 2.05) is 12.4 Å². The van der Waals surface area contributed by atoms with Gasteiger partial charge in [-0.05, 0) is 19.3 Å². The summed E-state index contributed by atoms with van der Waals surface area (Å²) < 4.78 is 5.73. The van der Waals surface area contributed by atoms with Crippen molar-refractivity contribution in [1.82, 2.24) is 15.5 Å². The van der Waals surface area contributed by atoms with Crippen molar-refractivity contribution in [3.05, 3.63) is 18.0 Å². The van der Waals surface area contributed by atoms with E-state index in [-0.39, 0.29) is 0 Å². The third kappa shape index (κ3) is 3.32. The lowest BCUT2D eigenvalue weighted by Crippen LogP contribution is -2.38. The molecule has 90 valence electrons. The molecule has 0 amide bonds. The smallest absolute Gasteiger partial charge is 0.0589 e. The van der Waals surface area contributed by atoms with Gasteiger partial charge in [-0.25, -0.2) is 0 Å². The average Bonchev–Trinajstić information content (AvgIpc) is 2.80. The Kier molecular flexibility index (Phi) is 4.36. The summed E-state index contributed by atoms with van der Waals surface area (Å²) >= 11 is 0. The summed E-state index contributed by atoms with van der Waals surface area (Å²) in [5, 5.41) is 10.3. The van der Waals surface area contributed by atoms with Crippen LogP contribution in [-0.4, -0.2) is 29.0 Å². The predicted octanol–water partition coefficient (Wildman–Crippen LogP) is 1.85. The fourth-order valence-corrected chi connectivity index (χ4v) is 2.23. The molecule has 1 aromatic heterocycles. The van der Waals surface area contributed by atoms with E-state index < -0.39 is 0 Å². The molecule has 0 aromatic carbocycles. The van der Waals surface area contributed by atoms with Crippen molar-refractivity contribution in [3.8, 4) is 0 Å². The Hall–Kier alpha value is -0.870. The molecule has 0 aliphatic carbocycles. The lowest BCUT2D eigenvalue weighted by Gasteiger charge is -2.30. The third-order valence-electron chi connectivity index (χ3n) is 3.13. The second-order valence-electron chi connectivity index (χ2n) is 4.49. The molecular formula is C12H21N3O. The molecule has 2 heterocycles. The van der Waals surface area contributed by atoms with Crippen LogP contribution in [0.1, 0.15) is 38.2 Å². The molecule has 4 nitrogen and oxygen atoms in total. The van der Waals surface area contributed by atoms with Gasteiger partial charge >= 0.3 is 0 Å². The number of aromatic nitrogens is 2. The zero-order valence-corrected chi connectivity index (χ0v) is 9.91. The molecule has 2 rings (SSSR count). The molecule has 1 aliphatic heterocycles. The van der Waals surface area contributed by atoms with Gasteiger partial charge in [0.05, 0.1) is 12.3 Å². The van der Waals surface area contributed by atoms with E-state index in [1.54, 1.807) is 0 Å². The predicted molar refractivity (Wildman–Crippen MR) is 63.1 cm³/mol. The maximum atomic E-state index is 5.73. The molecular weight excluding hydrogens is 202 g/mol. The van der Waals surface area contributed by atoms with Gasteiger partial charge in [0, 0.05) is 31.0 Å². The number of hydrogen-bond donors (Lipinski definition) is 2. The Morgan fingerprint density at radius 1 is 1.62 bits per heavy atom. The summed E-state index contributed by atoms with van der Waals surface area (Å²) in [6.45, 7) is 4.01. The van der Waals surface area contributed by atoms with Gasteiger partial charge in [-0.1, -0.05) is 13.3 Å². The molecule has 2 unspecified atom stereocenters. The van der Waals surface area contributed by atoms with Crippen molar-refractivity contribution >= 4 is 0 Å². The van der Waals surface area contributed by atoms with E-state index in [1.165, 1.54) is 18.4 Å². The highest BCUT2D eigenvalue weighted by Crippen LogP contribution is 2.18. The third-order valence-corrected chi connectivity index (χ3v) is 3.13. The fourth-order valence-electron chi connectivity index (χ4n) is 2.23. The minimum Gasteiger partial charge on any atom is -0.378 e. The van der Waals surface area contributed by atoms with Crippen LogP contribution >= 0.6 is 0 Å². The molecule has 1 fully saturated rings. The first-order valence-electron chi connectivity index (χ1n) is 6.21. The number of nitrogens with zero attached hydrogens (tertiary/aromatic N) is 1. The lowest BCUT2D eigenvalue weighted by atomic mass is 10.00. The molecule has 0 saturated carbocycles. The van der Waals surface area contributed by atoms with Crippen LogP contribution in [0.25, 0.3) is 0 Å². The van der Waals surface area contributed by atoms with Crippen LogP contribution in [0.2, 0.25) is 0 Å². The molecule has 0 spiro atoms. The quantitative estimate of drug-likeness (QED) is 0.801. The molecule has 16 heavy (non-hydrogen) atoms. The second kappa shape index (κ2) is 6.01. The standard InChI is InChI=1S/C12H21N3O/c1-2-3-12-6-11(4-5-16-12)13-7-10-8-14-15-9-10/h8-9,11-13H,2-7H2,1H3,(H,14,15). The van der Waals surface area contributed by atoms with Gasteiger partial charge in [0.1, 0.15) is 0 Å². The lowest BCUT2D eigenvalue weighted by molar-refractivity contribution is -0.00342. The molecule has 2 atom stereocenters. The summed E-state index contributed by atoms with van der Waals surface area (Å²) in [5.41, 5.74) is 1.22. The number of aromatic amines is 1. The summed E-state index contributed by atoms with van der Waals surface area (Å²) in [6, 6.07) is 0.597. The number of nitrogens with one attached hydrogen (secondary N) is 2. The van der Waals surface area contributed by atoms with Crippen molar-refractivity contribution < 1.29 is 4.74 Å². The minimum atomic E-state index is 0.459. The van der Waals surface area contributed by atoms with Gasteiger partial charge < -0.3 is 10.1 Å². The van der Waals surface area contributed by atoms with Crippen molar-refractivity contribution in [3.63, 3.8) is 0 Å². The van der Waals surface area contributed by atoms with E-state index >= 15 is 0 Å². The van der Waals surface area contributed by atoms with E-state index in [0.29, 0.717) is 12.1 Å². The Labute approximate surface area is 96.8 Å². The molecule has 4 heteroatoms. The van der Waals surface area contributed by atoms with E-state index in [0.717, 1.165) is 26.0 Å². The van der Waals surface area contributed by atoms with Crippen LogP contribution in [0, 0.1) is 0 Å². The van der Waals surface area contributed by atoms with Crippen molar-refractivity contribution in [1.29, 1.82) is 0 Å². The summed E-state index contributed by atoms with van der Waals surface area (Å²) in [4.78, 5) is 0. The Morgan fingerprint density at radius 2 is 2.56 bits per heavy atom. The highest BCUT2D eigenvalue weighted by Gasteiger charge is 2.21. The van der Waals surface area contributed by atoms with Gasteiger partial charge in [-0.2, -0.15) is 5.10 Å². The molecule has 0 bridgehead atoms. The Balaban J connectivity index is 1.72. The maximum absolute atomic E-state index is 5.73. The second-order valence-corrected chi connectivity index (χ2v) is 4.49. The first kappa shape index (κ1) is 11.6. The number of rotatable bonds is 5. The largest absolute Gasteiger partial charge is 0.378 e. The summed E-state index contributed by atoms with van der Waals surface area (Å²) in [5.74, 6) is 0. The molecule has 1 aliphatic rings. The number of ether oxygens (including phenoxy) is 1. The van der Waals surface area contributed by atoms with Crippen molar-refractivity contribution in [2.24, 2.45) is 0 Å². The van der Waals surface area contributed by atoms with Gasteiger partial charge in [0.25, 0.3) is 0 Å². The zero-order chi connectivity index (χ0) is 11.2. The number of hydrogen-bond acceptors (Lipinski definition) is 3. The molecule has 1 saturated heterocycles.